The van der Waals surface area contributed by atoms with Crippen molar-refractivity contribution in [3.05, 3.63) is 53.7 Å². The molecule has 5 nitrogen and oxygen atoms in total. The summed E-state index contributed by atoms with van der Waals surface area (Å²) in [5.74, 6) is 1.38. The molecule has 2 rings (SSSR count). The predicted octanol–water partition coefficient (Wildman–Crippen LogP) is 3.66. The van der Waals surface area contributed by atoms with E-state index < -0.39 is 0 Å². The van der Waals surface area contributed by atoms with Crippen LogP contribution in [0.3, 0.4) is 0 Å². The summed E-state index contributed by atoms with van der Waals surface area (Å²) >= 11 is 0. The quantitative estimate of drug-likeness (QED) is 0.627. The maximum Gasteiger partial charge on any atom is 0.249 e. The fraction of sp³-hybridized carbons (Fsp3) is 0.263. The van der Waals surface area contributed by atoms with E-state index >= 15 is 0 Å². The number of carbonyl (C=O) groups excluding carboxylic acids is 1. The van der Waals surface area contributed by atoms with Gasteiger partial charge < -0.3 is 15.8 Å². The van der Waals surface area contributed by atoms with Gasteiger partial charge in [0, 0.05) is 12.3 Å². The molecule has 3 N–H and O–H groups in total. The molecule has 24 heavy (non-hydrogen) atoms. The third-order valence-corrected chi connectivity index (χ3v) is 3.20. The lowest BCUT2D eigenvalue weighted by Gasteiger charge is -2.11. The molecule has 0 spiro atoms. The van der Waals surface area contributed by atoms with Crippen molar-refractivity contribution >= 4 is 23.5 Å². The highest BCUT2D eigenvalue weighted by Gasteiger charge is 2.03. The molecule has 5 heteroatoms. The van der Waals surface area contributed by atoms with Crippen molar-refractivity contribution in [2.75, 3.05) is 17.7 Å². The zero-order chi connectivity index (χ0) is 17.5. The first kappa shape index (κ1) is 17.5. The van der Waals surface area contributed by atoms with E-state index in [1.807, 2.05) is 31.2 Å². The van der Waals surface area contributed by atoms with Crippen LogP contribution in [0.4, 0.5) is 11.5 Å². The van der Waals surface area contributed by atoms with E-state index in [1.54, 1.807) is 18.3 Å². The minimum Gasteiger partial charge on any atom is -0.491 e. The highest BCUT2D eigenvalue weighted by molar-refractivity contribution is 6.01. The summed E-state index contributed by atoms with van der Waals surface area (Å²) in [6.45, 7) is 6.72. The molecule has 0 bridgehead atoms. The third-order valence-electron chi connectivity index (χ3n) is 3.20. The number of anilines is 2. The van der Waals surface area contributed by atoms with Gasteiger partial charge in [-0.1, -0.05) is 19.9 Å². The summed E-state index contributed by atoms with van der Waals surface area (Å²) in [5.41, 5.74) is 8.41. The molecule has 0 unspecified atom stereocenters. The number of aromatic nitrogens is 1. The second-order valence-electron chi connectivity index (χ2n) is 6.04. The number of nitrogens with two attached hydrogens (primary N) is 1. The highest BCUT2D eigenvalue weighted by atomic mass is 16.5. The first-order chi connectivity index (χ1) is 11.4. The van der Waals surface area contributed by atoms with Gasteiger partial charge in [0.25, 0.3) is 0 Å². The maximum atomic E-state index is 11.9. The van der Waals surface area contributed by atoms with Crippen LogP contribution in [0.15, 0.2) is 42.6 Å². The summed E-state index contributed by atoms with van der Waals surface area (Å²) < 4.78 is 5.63. The zero-order valence-corrected chi connectivity index (χ0v) is 14.2. The number of ether oxygens (including phenoxy) is 1. The van der Waals surface area contributed by atoms with Crippen molar-refractivity contribution in [3.8, 4) is 5.75 Å². The van der Waals surface area contributed by atoms with E-state index in [9.17, 15) is 4.79 Å². The Kier molecular flexibility index (Phi) is 5.95. The molecule has 0 aliphatic carbocycles. The van der Waals surface area contributed by atoms with E-state index in [4.69, 9.17) is 10.5 Å². The Hall–Kier alpha value is -2.82. The van der Waals surface area contributed by atoms with Crippen LogP contribution >= 0.6 is 0 Å². The van der Waals surface area contributed by atoms with Crippen molar-refractivity contribution in [3.63, 3.8) is 0 Å². The molecule has 1 heterocycles. The smallest absolute Gasteiger partial charge is 0.249 e. The number of nitrogens with one attached hydrogen (secondary N) is 1. The number of amides is 1. The van der Waals surface area contributed by atoms with Crippen LogP contribution in [0.25, 0.3) is 6.08 Å². The van der Waals surface area contributed by atoms with Crippen molar-refractivity contribution < 1.29 is 9.53 Å². The third kappa shape index (κ3) is 5.43. The van der Waals surface area contributed by atoms with Gasteiger partial charge >= 0.3 is 0 Å². The van der Waals surface area contributed by atoms with E-state index in [0.29, 0.717) is 29.8 Å². The van der Waals surface area contributed by atoms with Gasteiger partial charge in [-0.05, 0) is 54.3 Å². The number of benzene rings is 1. The SMILES string of the molecule is Cc1ccnc(NC(=O)/C=C\c2ccc(OCC(C)C)c(N)c2)c1. The summed E-state index contributed by atoms with van der Waals surface area (Å²) in [6, 6.07) is 9.14. The largest absolute Gasteiger partial charge is 0.491 e. The molecule has 0 saturated carbocycles. The van der Waals surface area contributed by atoms with Gasteiger partial charge in [0.05, 0.1) is 12.3 Å². The molecule has 0 atom stereocenters. The average Bonchev–Trinajstić information content (AvgIpc) is 2.52. The van der Waals surface area contributed by atoms with Crippen molar-refractivity contribution in [2.24, 2.45) is 5.92 Å². The second kappa shape index (κ2) is 8.15. The van der Waals surface area contributed by atoms with Crippen molar-refractivity contribution in [2.45, 2.75) is 20.8 Å². The van der Waals surface area contributed by atoms with Gasteiger partial charge in [0.15, 0.2) is 0 Å². The van der Waals surface area contributed by atoms with Gasteiger partial charge in [0.2, 0.25) is 5.91 Å². The second-order valence-corrected chi connectivity index (χ2v) is 6.04. The molecular weight excluding hydrogens is 302 g/mol. The summed E-state index contributed by atoms with van der Waals surface area (Å²) in [6.07, 6.45) is 4.81. The van der Waals surface area contributed by atoms with Gasteiger partial charge in [-0.2, -0.15) is 0 Å². The number of pyridine rings is 1. The van der Waals surface area contributed by atoms with Crippen LogP contribution in [0.1, 0.15) is 25.0 Å². The van der Waals surface area contributed by atoms with Crippen LogP contribution in [-0.2, 0) is 4.79 Å². The fourth-order valence-corrected chi connectivity index (χ4v) is 2.00. The van der Waals surface area contributed by atoms with Crippen molar-refractivity contribution in [1.29, 1.82) is 0 Å². The molecule has 0 aliphatic rings. The number of nitrogen functional groups attached to an aromatic ring is 1. The molecule has 126 valence electrons. The monoisotopic (exact) mass is 325 g/mol. The number of carbonyl (C=O) groups is 1. The Bertz CT molecular complexity index is 739. The van der Waals surface area contributed by atoms with E-state index in [1.165, 1.54) is 6.08 Å². The van der Waals surface area contributed by atoms with Crippen LogP contribution in [0.2, 0.25) is 0 Å². The average molecular weight is 325 g/mol. The topological polar surface area (TPSA) is 77.2 Å². The fourth-order valence-electron chi connectivity index (χ4n) is 2.00. The summed E-state index contributed by atoms with van der Waals surface area (Å²) in [5, 5.41) is 2.72. The summed E-state index contributed by atoms with van der Waals surface area (Å²) in [4.78, 5) is 16.0. The first-order valence-corrected chi connectivity index (χ1v) is 7.88. The van der Waals surface area contributed by atoms with Gasteiger partial charge in [-0.25, -0.2) is 4.98 Å². The highest BCUT2D eigenvalue weighted by Crippen LogP contribution is 2.23. The molecule has 0 saturated heterocycles. The molecule has 0 aliphatic heterocycles. The van der Waals surface area contributed by atoms with Gasteiger partial charge in [-0.15, -0.1) is 0 Å². The van der Waals surface area contributed by atoms with Crippen LogP contribution in [-0.4, -0.2) is 17.5 Å². The molecule has 0 radical (unpaired) electrons. The first-order valence-electron chi connectivity index (χ1n) is 7.88. The Balaban J connectivity index is 1.98. The lowest BCUT2D eigenvalue weighted by molar-refractivity contribution is -0.111. The van der Waals surface area contributed by atoms with Crippen LogP contribution in [0.5, 0.6) is 5.75 Å². The van der Waals surface area contributed by atoms with Crippen LogP contribution < -0.4 is 15.8 Å². The number of aryl methyl sites for hydroxylation is 1. The van der Waals surface area contributed by atoms with Gasteiger partial charge in [0.1, 0.15) is 11.6 Å². The summed E-state index contributed by atoms with van der Waals surface area (Å²) in [7, 11) is 0. The lowest BCUT2D eigenvalue weighted by atomic mass is 10.1. The Morgan fingerprint density at radius 2 is 2.12 bits per heavy atom. The Labute approximate surface area is 142 Å². The van der Waals surface area contributed by atoms with Crippen LogP contribution in [0, 0.1) is 12.8 Å². The molecule has 0 fully saturated rings. The maximum absolute atomic E-state index is 11.9. The number of rotatable bonds is 6. The number of hydrogen-bond acceptors (Lipinski definition) is 4. The molecule has 1 amide bonds. The van der Waals surface area contributed by atoms with Gasteiger partial charge in [-0.3, -0.25) is 4.79 Å². The zero-order valence-electron chi connectivity index (χ0n) is 14.2. The minimum absolute atomic E-state index is 0.244. The molecule has 1 aromatic heterocycles. The molecular formula is C19H23N3O2. The Morgan fingerprint density at radius 3 is 2.79 bits per heavy atom. The normalized spacial score (nSPS) is 11.0. The molecule has 2 aromatic rings. The Morgan fingerprint density at radius 1 is 1.33 bits per heavy atom. The lowest BCUT2D eigenvalue weighted by Crippen LogP contribution is -2.09. The van der Waals surface area contributed by atoms with E-state index in [-0.39, 0.29) is 5.91 Å². The van der Waals surface area contributed by atoms with E-state index in [2.05, 4.69) is 24.1 Å². The predicted molar refractivity (Wildman–Crippen MR) is 97.8 cm³/mol. The number of hydrogen-bond donors (Lipinski definition) is 2. The van der Waals surface area contributed by atoms with Crippen molar-refractivity contribution in [1.82, 2.24) is 4.98 Å². The standard InChI is InChI=1S/C19H23N3O2/c1-13(2)12-24-17-6-4-15(11-16(17)20)5-7-19(23)22-18-10-14(3)8-9-21-18/h4-11,13H,12,20H2,1-3H3,(H,21,22,23)/b7-5-. The van der Waals surface area contributed by atoms with E-state index in [0.717, 1.165) is 11.1 Å². The minimum atomic E-state index is -0.244. The number of nitrogens with zero attached hydrogens (tertiary/aromatic N) is 1. The molecule has 1 aromatic carbocycles.